The lowest BCUT2D eigenvalue weighted by Gasteiger charge is -2.33. The van der Waals surface area contributed by atoms with Gasteiger partial charge in [-0.2, -0.15) is 4.98 Å². The Bertz CT molecular complexity index is 1160. The molecular formula is C29H40N4O5. The van der Waals surface area contributed by atoms with Crippen molar-refractivity contribution in [2.45, 2.75) is 114 Å². The van der Waals surface area contributed by atoms with E-state index in [1.54, 1.807) is 0 Å². The first-order valence-corrected chi connectivity index (χ1v) is 13.7. The zero-order chi connectivity index (χ0) is 27.3. The Morgan fingerprint density at radius 1 is 1.03 bits per heavy atom. The summed E-state index contributed by atoms with van der Waals surface area (Å²) in [4.78, 5) is 32.1. The number of ether oxygens (including phenoxy) is 2. The molecule has 2 aromatic rings. The average Bonchev–Trinajstić information content (AvgIpc) is 3.69. The Kier molecular flexibility index (Phi) is 6.68. The van der Waals surface area contributed by atoms with Crippen molar-refractivity contribution in [1.82, 2.24) is 20.4 Å². The minimum atomic E-state index is -0.573. The summed E-state index contributed by atoms with van der Waals surface area (Å²) in [6.07, 6.45) is 3.51. The maximum Gasteiger partial charge on any atom is 0.410 e. The molecule has 1 N–H and O–H groups in total. The first kappa shape index (κ1) is 26.5. The van der Waals surface area contributed by atoms with Gasteiger partial charge < -0.3 is 24.2 Å². The third-order valence-corrected chi connectivity index (χ3v) is 7.46. The van der Waals surface area contributed by atoms with Crippen LogP contribution in [0.1, 0.15) is 103 Å². The molecule has 0 radical (unpaired) electrons. The number of hydrogen-bond donors (Lipinski definition) is 1. The fraction of sp³-hybridized carbons (Fsp3) is 0.655. The smallest absolute Gasteiger partial charge is 0.410 e. The summed E-state index contributed by atoms with van der Waals surface area (Å²) in [6, 6.07) is 10.5. The minimum Gasteiger partial charge on any atom is -0.444 e. The number of nitrogens with one attached hydrogen (secondary N) is 1. The molecule has 2 amide bonds. The van der Waals surface area contributed by atoms with E-state index in [9.17, 15) is 9.59 Å². The zero-order valence-electron chi connectivity index (χ0n) is 23.3. The number of aromatic nitrogens is 2. The molecule has 0 bridgehead atoms. The fourth-order valence-electron chi connectivity index (χ4n) is 5.18. The molecule has 5 rings (SSSR count). The average molecular weight is 525 g/mol. The highest BCUT2D eigenvalue weighted by Gasteiger charge is 2.55. The number of carbonyl (C=O) groups excluding carboxylic acids is 2. The van der Waals surface area contributed by atoms with Gasteiger partial charge in [-0.15, -0.1) is 0 Å². The summed E-state index contributed by atoms with van der Waals surface area (Å²) >= 11 is 0. The van der Waals surface area contributed by atoms with Gasteiger partial charge in [0.25, 0.3) is 0 Å². The number of benzene rings is 1. The molecule has 0 saturated heterocycles. The lowest BCUT2D eigenvalue weighted by Crippen LogP contribution is -2.45. The summed E-state index contributed by atoms with van der Waals surface area (Å²) in [5.74, 6) is 1.69. The highest BCUT2D eigenvalue weighted by atomic mass is 16.6. The van der Waals surface area contributed by atoms with E-state index in [1.807, 2.05) is 64.6 Å². The van der Waals surface area contributed by atoms with Gasteiger partial charge in [-0.05, 0) is 79.2 Å². The molecule has 1 heterocycles. The standard InChI is InChI=1S/C29H40N4O5/c1-27(2,3)36-25(34)30-20-14-19(15-20)23-31-24(32-38-23)29(12-13-29)17-33(26(35)37-28(4,5)6)22-16-21(22)18-10-8-7-9-11-18/h7-11,19-22H,12-17H2,1-6H3,(H,30,34)/t19-,20-,21-,22+/m0/s1. The second-order valence-electron chi connectivity index (χ2n) is 13.2. The SMILES string of the molecule is CC(C)(C)OC(=O)N[C@H]1C[C@H](c2nc(C3(CN(C(=O)OC(C)(C)C)[C@@H]4C[C@H]4c4ccccc4)CC3)no2)C1. The van der Waals surface area contributed by atoms with Crippen LogP contribution in [0.4, 0.5) is 9.59 Å². The normalized spacial score (nSPS) is 25.6. The Balaban J connectivity index is 1.23. The summed E-state index contributed by atoms with van der Waals surface area (Å²) in [7, 11) is 0. The van der Waals surface area contributed by atoms with Crippen molar-refractivity contribution in [2.75, 3.05) is 6.54 Å². The predicted octanol–water partition coefficient (Wildman–Crippen LogP) is 5.67. The number of rotatable bonds is 7. The summed E-state index contributed by atoms with van der Waals surface area (Å²) in [5.41, 5.74) is -0.156. The monoisotopic (exact) mass is 524 g/mol. The van der Waals surface area contributed by atoms with E-state index in [1.165, 1.54) is 5.56 Å². The Labute approximate surface area is 224 Å². The van der Waals surface area contributed by atoms with Gasteiger partial charge in [0.05, 0.1) is 5.41 Å². The van der Waals surface area contributed by atoms with Gasteiger partial charge >= 0.3 is 12.2 Å². The van der Waals surface area contributed by atoms with Crippen molar-refractivity contribution < 1.29 is 23.6 Å². The molecule has 3 fully saturated rings. The minimum absolute atomic E-state index is 0.0348. The summed E-state index contributed by atoms with van der Waals surface area (Å²) in [5, 5.41) is 7.26. The number of alkyl carbamates (subject to hydrolysis) is 1. The van der Waals surface area contributed by atoms with Crippen molar-refractivity contribution in [3.8, 4) is 0 Å². The van der Waals surface area contributed by atoms with Crippen LogP contribution in [-0.4, -0.2) is 57.1 Å². The molecule has 0 unspecified atom stereocenters. The summed E-state index contributed by atoms with van der Waals surface area (Å²) < 4.78 is 16.8. The van der Waals surface area contributed by atoms with E-state index in [-0.39, 0.29) is 29.5 Å². The van der Waals surface area contributed by atoms with Crippen molar-refractivity contribution in [1.29, 1.82) is 0 Å². The van der Waals surface area contributed by atoms with Crippen molar-refractivity contribution >= 4 is 12.2 Å². The molecule has 3 saturated carbocycles. The molecule has 2 atom stereocenters. The van der Waals surface area contributed by atoms with Crippen LogP contribution in [0.15, 0.2) is 34.9 Å². The van der Waals surface area contributed by atoms with E-state index in [0.717, 1.165) is 32.1 Å². The van der Waals surface area contributed by atoms with Crippen LogP contribution < -0.4 is 5.32 Å². The van der Waals surface area contributed by atoms with Gasteiger partial charge in [0.1, 0.15) is 11.2 Å². The van der Waals surface area contributed by atoms with E-state index in [0.29, 0.717) is 24.2 Å². The number of amides is 2. The van der Waals surface area contributed by atoms with E-state index >= 15 is 0 Å². The van der Waals surface area contributed by atoms with Gasteiger partial charge in [-0.25, -0.2) is 9.59 Å². The Hall–Kier alpha value is -3.10. The van der Waals surface area contributed by atoms with Gasteiger partial charge in [0.15, 0.2) is 5.82 Å². The maximum absolute atomic E-state index is 13.3. The molecule has 0 spiro atoms. The van der Waals surface area contributed by atoms with Crippen LogP contribution in [0, 0.1) is 0 Å². The van der Waals surface area contributed by atoms with Crippen molar-refractivity contribution in [3.05, 3.63) is 47.6 Å². The van der Waals surface area contributed by atoms with Crippen LogP contribution in [-0.2, 0) is 14.9 Å². The van der Waals surface area contributed by atoms with Crippen LogP contribution in [0.3, 0.4) is 0 Å². The second-order valence-corrected chi connectivity index (χ2v) is 13.2. The second kappa shape index (κ2) is 9.58. The van der Waals surface area contributed by atoms with Crippen molar-refractivity contribution in [3.63, 3.8) is 0 Å². The van der Waals surface area contributed by atoms with Gasteiger partial charge in [-0.1, -0.05) is 35.5 Å². The molecule has 38 heavy (non-hydrogen) atoms. The predicted molar refractivity (Wildman–Crippen MR) is 141 cm³/mol. The van der Waals surface area contributed by atoms with Gasteiger partial charge in [0, 0.05) is 30.5 Å². The van der Waals surface area contributed by atoms with Crippen LogP contribution in [0.25, 0.3) is 0 Å². The number of nitrogens with zero attached hydrogens (tertiary/aromatic N) is 3. The number of carbonyl (C=O) groups is 2. The fourth-order valence-corrected chi connectivity index (χ4v) is 5.18. The molecular weight excluding hydrogens is 484 g/mol. The van der Waals surface area contributed by atoms with E-state index < -0.39 is 17.3 Å². The molecule has 9 heteroatoms. The molecule has 1 aromatic heterocycles. The highest BCUT2D eigenvalue weighted by molar-refractivity contribution is 5.70. The van der Waals surface area contributed by atoms with Gasteiger partial charge in [0.2, 0.25) is 5.89 Å². The third kappa shape index (κ3) is 6.13. The maximum atomic E-state index is 13.3. The molecule has 1 aromatic carbocycles. The molecule has 9 nitrogen and oxygen atoms in total. The van der Waals surface area contributed by atoms with Crippen LogP contribution in [0.2, 0.25) is 0 Å². The number of hydrogen-bond acceptors (Lipinski definition) is 7. The first-order chi connectivity index (χ1) is 17.8. The largest absolute Gasteiger partial charge is 0.444 e. The highest BCUT2D eigenvalue weighted by Crippen LogP contribution is 2.52. The lowest BCUT2D eigenvalue weighted by molar-refractivity contribution is 0.0208. The van der Waals surface area contributed by atoms with Crippen molar-refractivity contribution in [2.24, 2.45) is 0 Å². The lowest BCUT2D eigenvalue weighted by atomic mass is 9.80. The van der Waals surface area contributed by atoms with E-state index in [2.05, 4.69) is 22.6 Å². The molecule has 206 valence electrons. The Morgan fingerprint density at radius 3 is 2.29 bits per heavy atom. The summed E-state index contributed by atoms with van der Waals surface area (Å²) in [6.45, 7) is 11.7. The topological polar surface area (TPSA) is 107 Å². The quantitative estimate of drug-likeness (QED) is 0.498. The molecule has 0 aliphatic heterocycles. The molecule has 3 aliphatic rings. The Morgan fingerprint density at radius 2 is 1.68 bits per heavy atom. The zero-order valence-corrected chi connectivity index (χ0v) is 23.3. The first-order valence-electron chi connectivity index (χ1n) is 13.7. The van der Waals surface area contributed by atoms with Crippen LogP contribution in [0.5, 0.6) is 0 Å². The molecule has 3 aliphatic carbocycles. The van der Waals surface area contributed by atoms with Gasteiger partial charge in [-0.3, -0.25) is 0 Å². The van der Waals surface area contributed by atoms with E-state index in [4.69, 9.17) is 19.0 Å². The third-order valence-electron chi connectivity index (χ3n) is 7.46. The van der Waals surface area contributed by atoms with Crippen LogP contribution >= 0.6 is 0 Å².